The van der Waals surface area contributed by atoms with Crippen LogP contribution in [0.15, 0.2) is 6.07 Å². The van der Waals surface area contributed by atoms with Crippen molar-refractivity contribution in [2.75, 3.05) is 5.43 Å². The van der Waals surface area contributed by atoms with E-state index >= 15 is 0 Å². The molecule has 0 fully saturated rings. The quantitative estimate of drug-likeness (QED) is 0.587. The number of hydrogen-bond acceptors (Lipinski definition) is 4. The van der Waals surface area contributed by atoms with Gasteiger partial charge in [-0.2, -0.15) is 0 Å². The van der Waals surface area contributed by atoms with Crippen LogP contribution in [-0.4, -0.2) is 9.97 Å². The second-order valence-electron chi connectivity index (χ2n) is 4.50. The Morgan fingerprint density at radius 3 is 2.40 bits per heavy atom. The smallest absolute Gasteiger partial charge is 0.143 e. The van der Waals surface area contributed by atoms with E-state index < -0.39 is 0 Å². The van der Waals surface area contributed by atoms with Gasteiger partial charge in [0, 0.05) is 17.7 Å². The molecule has 0 atom stereocenters. The van der Waals surface area contributed by atoms with Crippen LogP contribution in [0, 0.1) is 5.92 Å². The van der Waals surface area contributed by atoms with Crippen molar-refractivity contribution < 1.29 is 0 Å². The summed E-state index contributed by atoms with van der Waals surface area (Å²) < 4.78 is 0. The van der Waals surface area contributed by atoms with Crippen molar-refractivity contribution >= 4 is 5.82 Å². The Kier molecular flexibility index (Phi) is 4.03. The SMILES string of the molecule is CC(C)Cc1cc(NN)nc(C(C)C)n1. The summed E-state index contributed by atoms with van der Waals surface area (Å²) in [4.78, 5) is 8.83. The lowest BCUT2D eigenvalue weighted by Crippen LogP contribution is -2.13. The van der Waals surface area contributed by atoms with Crippen LogP contribution in [0.5, 0.6) is 0 Å². The minimum Gasteiger partial charge on any atom is -0.308 e. The number of aromatic nitrogens is 2. The van der Waals surface area contributed by atoms with Crippen LogP contribution >= 0.6 is 0 Å². The number of nitrogens with zero attached hydrogens (tertiary/aromatic N) is 2. The normalized spacial score (nSPS) is 11.1. The molecule has 4 nitrogen and oxygen atoms in total. The molecule has 1 aromatic rings. The first-order valence-corrected chi connectivity index (χ1v) is 5.37. The Bertz CT molecular complexity index is 320. The molecule has 0 spiro atoms. The summed E-state index contributed by atoms with van der Waals surface area (Å²) in [6.45, 7) is 8.50. The zero-order valence-corrected chi connectivity index (χ0v) is 9.91. The van der Waals surface area contributed by atoms with Gasteiger partial charge in [0.1, 0.15) is 11.6 Å². The van der Waals surface area contributed by atoms with Crippen LogP contribution in [0.3, 0.4) is 0 Å². The van der Waals surface area contributed by atoms with Crippen LogP contribution in [0.2, 0.25) is 0 Å². The molecule has 0 saturated carbocycles. The summed E-state index contributed by atoms with van der Waals surface area (Å²) >= 11 is 0. The lowest BCUT2D eigenvalue weighted by atomic mass is 10.1. The number of nitrogen functional groups attached to an aromatic ring is 1. The van der Waals surface area contributed by atoms with Gasteiger partial charge in [0.2, 0.25) is 0 Å². The Labute approximate surface area is 91.3 Å². The molecule has 1 heterocycles. The lowest BCUT2D eigenvalue weighted by molar-refractivity contribution is 0.626. The van der Waals surface area contributed by atoms with Crippen molar-refractivity contribution in [2.45, 2.75) is 40.0 Å². The molecule has 0 aliphatic heterocycles. The molecule has 0 aliphatic rings. The van der Waals surface area contributed by atoms with E-state index in [4.69, 9.17) is 5.84 Å². The minimum absolute atomic E-state index is 0.323. The molecule has 0 saturated heterocycles. The van der Waals surface area contributed by atoms with Crippen molar-refractivity contribution in [3.05, 3.63) is 17.6 Å². The van der Waals surface area contributed by atoms with Gasteiger partial charge in [-0.3, -0.25) is 0 Å². The predicted octanol–water partition coefficient (Wildman–Crippen LogP) is 2.08. The van der Waals surface area contributed by atoms with Gasteiger partial charge >= 0.3 is 0 Å². The van der Waals surface area contributed by atoms with E-state index in [1.165, 1.54) is 0 Å². The molecule has 4 heteroatoms. The van der Waals surface area contributed by atoms with E-state index in [0.29, 0.717) is 17.7 Å². The zero-order chi connectivity index (χ0) is 11.4. The maximum atomic E-state index is 5.38. The highest BCUT2D eigenvalue weighted by molar-refractivity contribution is 5.35. The van der Waals surface area contributed by atoms with Crippen molar-refractivity contribution in [2.24, 2.45) is 11.8 Å². The number of nitrogens with one attached hydrogen (secondary N) is 1. The van der Waals surface area contributed by atoms with Crippen LogP contribution in [0.25, 0.3) is 0 Å². The van der Waals surface area contributed by atoms with E-state index in [1.807, 2.05) is 6.07 Å². The van der Waals surface area contributed by atoms with E-state index in [9.17, 15) is 0 Å². The molecule has 0 bridgehead atoms. The fourth-order valence-electron chi connectivity index (χ4n) is 1.37. The maximum Gasteiger partial charge on any atom is 0.143 e. The van der Waals surface area contributed by atoms with Gasteiger partial charge in [0.25, 0.3) is 0 Å². The van der Waals surface area contributed by atoms with Gasteiger partial charge in [-0.1, -0.05) is 27.7 Å². The minimum atomic E-state index is 0.323. The average Bonchev–Trinajstić information content (AvgIpc) is 2.16. The molecule has 1 aromatic heterocycles. The van der Waals surface area contributed by atoms with E-state index in [2.05, 4.69) is 43.1 Å². The summed E-state index contributed by atoms with van der Waals surface area (Å²) in [5, 5.41) is 0. The molecule has 0 aromatic carbocycles. The number of anilines is 1. The molecule has 84 valence electrons. The summed E-state index contributed by atoms with van der Waals surface area (Å²) in [6.07, 6.45) is 0.955. The van der Waals surface area contributed by atoms with Gasteiger partial charge in [0.15, 0.2) is 0 Å². The number of hydrazine groups is 1. The van der Waals surface area contributed by atoms with E-state index in [-0.39, 0.29) is 0 Å². The second-order valence-corrected chi connectivity index (χ2v) is 4.50. The third kappa shape index (κ3) is 3.47. The van der Waals surface area contributed by atoms with Crippen molar-refractivity contribution in [3.63, 3.8) is 0 Å². The average molecular weight is 208 g/mol. The molecule has 0 radical (unpaired) electrons. The third-order valence-corrected chi connectivity index (χ3v) is 2.08. The first-order chi connectivity index (χ1) is 7.02. The molecule has 15 heavy (non-hydrogen) atoms. The van der Waals surface area contributed by atoms with Gasteiger partial charge in [-0.15, -0.1) is 0 Å². The van der Waals surface area contributed by atoms with Crippen molar-refractivity contribution in [3.8, 4) is 0 Å². The molecule has 0 unspecified atom stereocenters. The molecular formula is C11H20N4. The Morgan fingerprint density at radius 1 is 1.27 bits per heavy atom. The van der Waals surface area contributed by atoms with Crippen LogP contribution in [0.4, 0.5) is 5.82 Å². The van der Waals surface area contributed by atoms with E-state index in [0.717, 1.165) is 17.9 Å². The number of rotatable bonds is 4. The highest BCUT2D eigenvalue weighted by Gasteiger charge is 2.08. The van der Waals surface area contributed by atoms with Crippen LogP contribution < -0.4 is 11.3 Å². The fraction of sp³-hybridized carbons (Fsp3) is 0.636. The Hall–Kier alpha value is -1.16. The molecule has 1 rings (SSSR count). The highest BCUT2D eigenvalue weighted by Crippen LogP contribution is 2.15. The largest absolute Gasteiger partial charge is 0.308 e. The topological polar surface area (TPSA) is 63.8 Å². The van der Waals surface area contributed by atoms with Gasteiger partial charge in [0.05, 0.1) is 0 Å². The third-order valence-electron chi connectivity index (χ3n) is 2.08. The molecular weight excluding hydrogens is 188 g/mol. The first-order valence-electron chi connectivity index (χ1n) is 5.37. The summed E-state index contributed by atoms with van der Waals surface area (Å²) in [6, 6.07) is 1.91. The monoisotopic (exact) mass is 208 g/mol. The Balaban J connectivity index is 3.00. The lowest BCUT2D eigenvalue weighted by Gasteiger charge is -2.10. The predicted molar refractivity (Wildman–Crippen MR) is 62.5 cm³/mol. The van der Waals surface area contributed by atoms with Crippen LogP contribution in [-0.2, 0) is 6.42 Å². The van der Waals surface area contributed by atoms with Gasteiger partial charge in [-0.05, 0) is 12.3 Å². The van der Waals surface area contributed by atoms with Crippen LogP contribution in [0.1, 0.15) is 45.1 Å². The maximum absolute atomic E-state index is 5.38. The highest BCUT2D eigenvalue weighted by atomic mass is 15.3. The molecule has 0 aliphatic carbocycles. The summed E-state index contributed by atoms with van der Waals surface area (Å²) in [5.74, 6) is 7.84. The van der Waals surface area contributed by atoms with Gasteiger partial charge < -0.3 is 5.43 Å². The number of nitrogens with two attached hydrogens (primary N) is 1. The summed E-state index contributed by atoms with van der Waals surface area (Å²) in [7, 11) is 0. The molecule has 0 amide bonds. The van der Waals surface area contributed by atoms with Gasteiger partial charge in [-0.25, -0.2) is 15.8 Å². The second kappa shape index (κ2) is 5.07. The first kappa shape index (κ1) is 11.9. The standard InChI is InChI=1S/C11H20N4/c1-7(2)5-9-6-10(15-12)14-11(13-9)8(3)4/h6-8H,5,12H2,1-4H3,(H,13,14,15). The summed E-state index contributed by atoms with van der Waals surface area (Å²) in [5.41, 5.74) is 3.64. The van der Waals surface area contributed by atoms with E-state index in [1.54, 1.807) is 0 Å². The zero-order valence-electron chi connectivity index (χ0n) is 9.91. The number of hydrogen-bond donors (Lipinski definition) is 2. The fourth-order valence-corrected chi connectivity index (χ4v) is 1.37. The Morgan fingerprint density at radius 2 is 1.93 bits per heavy atom. The molecule has 3 N–H and O–H groups in total. The van der Waals surface area contributed by atoms with Crippen molar-refractivity contribution in [1.29, 1.82) is 0 Å². The van der Waals surface area contributed by atoms with Crippen molar-refractivity contribution in [1.82, 2.24) is 9.97 Å².